The molecule has 0 unspecified atom stereocenters. The van der Waals surface area contributed by atoms with Gasteiger partial charge in [-0.2, -0.15) is 22.7 Å². The standard InChI is InChI=1S/C18H14F3N7/c19-18(20,21)11-2-4-12(5-3-11)25-17-26-15-7-8-24-16(28(15)27-17)10-1-6-13(22)14(23)9-10/h1-9H,22-23H2,(H,25,27). The molecule has 0 saturated carbocycles. The maximum absolute atomic E-state index is 12.7. The molecule has 10 heteroatoms. The summed E-state index contributed by atoms with van der Waals surface area (Å²) < 4.78 is 39.5. The number of nitrogens with zero attached hydrogens (tertiary/aromatic N) is 4. The third-order valence-electron chi connectivity index (χ3n) is 4.07. The van der Waals surface area contributed by atoms with E-state index in [1.807, 2.05) is 0 Å². The quantitative estimate of drug-likeness (QED) is 0.464. The van der Waals surface area contributed by atoms with Crippen LogP contribution >= 0.6 is 0 Å². The van der Waals surface area contributed by atoms with Crippen molar-refractivity contribution in [1.82, 2.24) is 19.6 Å². The predicted molar refractivity (Wildman–Crippen MR) is 99.8 cm³/mol. The molecule has 0 saturated heterocycles. The Bertz CT molecular complexity index is 1150. The van der Waals surface area contributed by atoms with Gasteiger partial charge in [-0.15, -0.1) is 5.10 Å². The summed E-state index contributed by atoms with van der Waals surface area (Å²) in [6, 6.07) is 11.4. The smallest absolute Gasteiger partial charge is 0.397 e. The molecule has 28 heavy (non-hydrogen) atoms. The van der Waals surface area contributed by atoms with Crippen LogP contribution in [0.15, 0.2) is 54.7 Å². The summed E-state index contributed by atoms with van der Waals surface area (Å²) in [5.74, 6) is 0.717. The Morgan fingerprint density at radius 1 is 0.929 bits per heavy atom. The fraction of sp³-hybridized carbons (Fsp3) is 0.0556. The third kappa shape index (κ3) is 3.27. The molecule has 2 aromatic carbocycles. The molecule has 2 heterocycles. The van der Waals surface area contributed by atoms with E-state index in [0.717, 1.165) is 12.1 Å². The van der Waals surface area contributed by atoms with Gasteiger partial charge in [-0.3, -0.25) is 0 Å². The molecular weight excluding hydrogens is 371 g/mol. The minimum Gasteiger partial charge on any atom is -0.397 e. The molecule has 0 aliphatic heterocycles. The summed E-state index contributed by atoms with van der Waals surface area (Å²) >= 11 is 0. The number of alkyl halides is 3. The lowest BCUT2D eigenvalue weighted by molar-refractivity contribution is -0.137. The largest absolute Gasteiger partial charge is 0.416 e. The van der Waals surface area contributed by atoms with Crippen LogP contribution in [0, 0.1) is 0 Å². The van der Waals surface area contributed by atoms with Gasteiger partial charge in [-0.1, -0.05) is 0 Å². The van der Waals surface area contributed by atoms with Gasteiger partial charge in [-0.25, -0.2) is 4.98 Å². The second-order valence-electron chi connectivity index (χ2n) is 6.02. The molecule has 2 aromatic heterocycles. The minimum atomic E-state index is -4.39. The average molecular weight is 385 g/mol. The van der Waals surface area contributed by atoms with Crippen LogP contribution in [-0.2, 0) is 6.18 Å². The molecule has 5 N–H and O–H groups in total. The number of fused-ring (bicyclic) bond motifs is 1. The van der Waals surface area contributed by atoms with Gasteiger partial charge in [0.15, 0.2) is 11.5 Å². The summed E-state index contributed by atoms with van der Waals surface area (Å²) in [5.41, 5.74) is 13.4. The molecule has 0 bridgehead atoms. The van der Waals surface area contributed by atoms with Crippen LogP contribution in [0.25, 0.3) is 17.0 Å². The number of nitrogen functional groups attached to an aromatic ring is 2. The zero-order chi connectivity index (χ0) is 19.9. The number of hydrogen-bond acceptors (Lipinski definition) is 6. The predicted octanol–water partition coefficient (Wildman–Crippen LogP) is 3.72. The molecule has 0 amide bonds. The van der Waals surface area contributed by atoms with Crippen molar-refractivity contribution < 1.29 is 13.2 Å². The number of aromatic nitrogens is 4. The Labute approximate surface area is 156 Å². The first-order valence-corrected chi connectivity index (χ1v) is 8.13. The van der Waals surface area contributed by atoms with Crippen LogP contribution in [0.4, 0.5) is 36.2 Å². The second kappa shape index (κ2) is 6.41. The minimum absolute atomic E-state index is 0.220. The summed E-state index contributed by atoms with van der Waals surface area (Å²) in [6.45, 7) is 0. The van der Waals surface area contributed by atoms with Crippen molar-refractivity contribution in [2.75, 3.05) is 16.8 Å². The van der Waals surface area contributed by atoms with E-state index in [-0.39, 0.29) is 5.95 Å². The fourth-order valence-electron chi connectivity index (χ4n) is 2.65. The van der Waals surface area contributed by atoms with Crippen LogP contribution < -0.4 is 16.8 Å². The summed E-state index contributed by atoms with van der Waals surface area (Å²) in [5, 5.41) is 7.23. The Morgan fingerprint density at radius 2 is 1.68 bits per heavy atom. The van der Waals surface area contributed by atoms with Crippen LogP contribution in [0.1, 0.15) is 5.56 Å². The highest BCUT2D eigenvalue weighted by atomic mass is 19.4. The van der Waals surface area contributed by atoms with Crippen molar-refractivity contribution in [3.63, 3.8) is 0 Å². The molecule has 142 valence electrons. The van der Waals surface area contributed by atoms with Crippen molar-refractivity contribution in [2.45, 2.75) is 6.18 Å². The van der Waals surface area contributed by atoms with E-state index < -0.39 is 11.7 Å². The Balaban J connectivity index is 1.67. The lowest BCUT2D eigenvalue weighted by atomic mass is 10.1. The summed E-state index contributed by atoms with van der Waals surface area (Å²) in [4.78, 5) is 8.65. The van der Waals surface area contributed by atoms with Crippen molar-refractivity contribution in [2.24, 2.45) is 0 Å². The highest BCUT2D eigenvalue weighted by molar-refractivity contribution is 5.72. The molecule has 0 spiro atoms. The topological polar surface area (TPSA) is 107 Å². The van der Waals surface area contributed by atoms with E-state index in [9.17, 15) is 13.2 Å². The third-order valence-corrected chi connectivity index (χ3v) is 4.07. The Kier molecular flexibility index (Phi) is 4.03. The van der Waals surface area contributed by atoms with E-state index >= 15 is 0 Å². The molecule has 7 nitrogen and oxygen atoms in total. The first-order chi connectivity index (χ1) is 13.3. The normalized spacial score (nSPS) is 11.7. The average Bonchev–Trinajstić information content (AvgIpc) is 3.06. The summed E-state index contributed by atoms with van der Waals surface area (Å²) in [6.07, 6.45) is -2.81. The molecule has 4 aromatic rings. The molecule has 0 aliphatic carbocycles. The molecular formula is C18H14F3N7. The van der Waals surface area contributed by atoms with E-state index in [1.165, 1.54) is 16.6 Å². The zero-order valence-electron chi connectivity index (χ0n) is 14.3. The number of benzene rings is 2. The zero-order valence-corrected chi connectivity index (χ0v) is 14.3. The number of rotatable bonds is 3. The van der Waals surface area contributed by atoms with Gasteiger partial charge in [0.25, 0.3) is 0 Å². The maximum Gasteiger partial charge on any atom is 0.416 e. The Hall–Kier alpha value is -3.82. The highest BCUT2D eigenvalue weighted by Crippen LogP contribution is 2.30. The van der Waals surface area contributed by atoms with Crippen molar-refractivity contribution >= 4 is 28.7 Å². The lowest BCUT2D eigenvalue weighted by Crippen LogP contribution is -2.04. The van der Waals surface area contributed by atoms with E-state index in [2.05, 4.69) is 20.4 Å². The van der Waals surface area contributed by atoms with Crippen LogP contribution in [0.3, 0.4) is 0 Å². The number of nitrogens with two attached hydrogens (primary N) is 2. The van der Waals surface area contributed by atoms with Gasteiger partial charge in [-0.05, 0) is 42.5 Å². The Morgan fingerprint density at radius 3 is 2.36 bits per heavy atom. The number of anilines is 4. The van der Waals surface area contributed by atoms with Gasteiger partial charge in [0.2, 0.25) is 5.95 Å². The lowest BCUT2D eigenvalue weighted by Gasteiger charge is -2.07. The number of nitrogens with one attached hydrogen (secondary N) is 1. The highest BCUT2D eigenvalue weighted by Gasteiger charge is 2.29. The maximum atomic E-state index is 12.7. The van der Waals surface area contributed by atoms with Crippen molar-refractivity contribution in [3.05, 3.63) is 60.3 Å². The van der Waals surface area contributed by atoms with Crippen molar-refractivity contribution in [3.8, 4) is 11.4 Å². The fourth-order valence-corrected chi connectivity index (χ4v) is 2.65. The van der Waals surface area contributed by atoms with Gasteiger partial charge >= 0.3 is 6.18 Å². The first kappa shape index (κ1) is 17.6. The molecule has 0 aliphatic rings. The number of halogens is 3. The van der Waals surface area contributed by atoms with Crippen LogP contribution in [0.5, 0.6) is 0 Å². The van der Waals surface area contributed by atoms with Gasteiger partial charge in [0.05, 0.1) is 16.9 Å². The van der Waals surface area contributed by atoms with E-state index in [0.29, 0.717) is 34.1 Å². The molecule has 4 rings (SSSR count). The molecule has 0 radical (unpaired) electrons. The van der Waals surface area contributed by atoms with Crippen LogP contribution in [-0.4, -0.2) is 19.6 Å². The van der Waals surface area contributed by atoms with Gasteiger partial charge in [0.1, 0.15) is 0 Å². The van der Waals surface area contributed by atoms with Crippen molar-refractivity contribution in [1.29, 1.82) is 0 Å². The molecule has 0 fully saturated rings. The van der Waals surface area contributed by atoms with Gasteiger partial charge in [0, 0.05) is 23.5 Å². The number of hydrogen-bond donors (Lipinski definition) is 3. The first-order valence-electron chi connectivity index (χ1n) is 8.13. The van der Waals surface area contributed by atoms with Gasteiger partial charge < -0.3 is 16.8 Å². The van der Waals surface area contributed by atoms with E-state index in [1.54, 1.807) is 30.5 Å². The SMILES string of the molecule is Nc1ccc(-c2nccc3nc(Nc4ccc(C(F)(F)F)cc4)nn23)cc1N. The second-order valence-corrected chi connectivity index (χ2v) is 6.02. The summed E-state index contributed by atoms with van der Waals surface area (Å²) in [7, 11) is 0. The molecule has 0 atom stereocenters. The monoisotopic (exact) mass is 385 g/mol. The van der Waals surface area contributed by atoms with Crippen LogP contribution in [0.2, 0.25) is 0 Å². The van der Waals surface area contributed by atoms with E-state index in [4.69, 9.17) is 11.5 Å².